The zero-order chi connectivity index (χ0) is 14.5. The summed E-state index contributed by atoms with van der Waals surface area (Å²) in [5, 5.41) is 12.4. The highest BCUT2D eigenvalue weighted by Gasteiger charge is 2.20. The third-order valence-electron chi connectivity index (χ3n) is 2.99. The molecule has 0 spiro atoms. The molecule has 0 saturated heterocycles. The molecule has 20 heavy (non-hydrogen) atoms. The summed E-state index contributed by atoms with van der Waals surface area (Å²) in [6, 6.07) is 10.0. The average molecular weight is 272 g/mol. The SMILES string of the molecule is COc1ccc(C(Nc2ccccc2C)C(=O)O)cn1. The summed E-state index contributed by atoms with van der Waals surface area (Å²) in [4.78, 5) is 15.5. The van der Waals surface area contributed by atoms with Gasteiger partial charge in [0.1, 0.15) is 0 Å². The highest BCUT2D eigenvalue weighted by Crippen LogP contribution is 2.23. The van der Waals surface area contributed by atoms with Gasteiger partial charge in [-0.3, -0.25) is 0 Å². The minimum atomic E-state index is -0.958. The summed E-state index contributed by atoms with van der Waals surface area (Å²) in [5.41, 5.74) is 2.34. The zero-order valence-electron chi connectivity index (χ0n) is 11.3. The van der Waals surface area contributed by atoms with E-state index in [0.29, 0.717) is 11.4 Å². The third-order valence-corrected chi connectivity index (χ3v) is 2.99. The van der Waals surface area contributed by atoms with Gasteiger partial charge in [-0.15, -0.1) is 0 Å². The van der Waals surface area contributed by atoms with Gasteiger partial charge >= 0.3 is 5.97 Å². The first-order valence-electron chi connectivity index (χ1n) is 6.16. The van der Waals surface area contributed by atoms with Crippen molar-refractivity contribution >= 4 is 11.7 Å². The van der Waals surface area contributed by atoms with Gasteiger partial charge < -0.3 is 15.2 Å². The minimum Gasteiger partial charge on any atom is -0.481 e. The van der Waals surface area contributed by atoms with E-state index in [1.54, 1.807) is 12.1 Å². The monoisotopic (exact) mass is 272 g/mol. The number of carbonyl (C=O) groups is 1. The van der Waals surface area contributed by atoms with Crippen LogP contribution in [0.5, 0.6) is 5.88 Å². The number of nitrogens with zero attached hydrogens (tertiary/aromatic N) is 1. The van der Waals surface area contributed by atoms with E-state index in [1.807, 2.05) is 31.2 Å². The molecule has 0 aliphatic carbocycles. The summed E-state index contributed by atoms with van der Waals surface area (Å²) < 4.78 is 4.97. The number of hydrogen-bond donors (Lipinski definition) is 2. The van der Waals surface area contributed by atoms with Crippen LogP contribution >= 0.6 is 0 Å². The number of benzene rings is 1. The first kappa shape index (κ1) is 13.9. The van der Waals surface area contributed by atoms with Gasteiger partial charge in [0.2, 0.25) is 5.88 Å². The molecule has 1 aromatic carbocycles. The number of aliphatic carboxylic acids is 1. The Hall–Kier alpha value is -2.56. The fraction of sp³-hybridized carbons (Fsp3) is 0.200. The Labute approximate surface area is 117 Å². The van der Waals surface area contributed by atoms with E-state index in [1.165, 1.54) is 13.3 Å². The molecule has 5 heteroatoms. The molecular formula is C15H16N2O3. The van der Waals surface area contributed by atoms with Crippen molar-refractivity contribution in [3.05, 3.63) is 53.7 Å². The molecule has 0 fully saturated rings. The molecule has 1 atom stereocenters. The Morgan fingerprint density at radius 2 is 2.05 bits per heavy atom. The Balaban J connectivity index is 2.27. The predicted octanol–water partition coefficient (Wildman–Crippen LogP) is 2.64. The number of anilines is 1. The summed E-state index contributed by atoms with van der Waals surface area (Å²) in [5.74, 6) is -0.506. The smallest absolute Gasteiger partial charge is 0.330 e. The Morgan fingerprint density at radius 3 is 2.60 bits per heavy atom. The van der Waals surface area contributed by atoms with E-state index < -0.39 is 12.0 Å². The van der Waals surface area contributed by atoms with Crippen LogP contribution in [0.2, 0.25) is 0 Å². The third kappa shape index (κ3) is 3.06. The fourth-order valence-electron chi connectivity index (χ4n) is 1.86. The molecule has 2 rings (SSSR count). The maximum Gasteiger partial charge on any atom is 0.330 e. The van der Waals surface area contributed by atoms with Gasteiger partial charge in [0, 0.05) is 23.5 Å². The van der Waals surface area contributed by atoms with Crippen LogP contribution in [-0.2, 0) is 4.79 Å². The van der Waals surface area contributed by atoms with E-state index in [4.69, 9.17) is 4.74 Å². The van der Waals surface area contributed by atoms with Crippen molar-refractivity contribution in [2.24, 2.45) is 0 Å². The average Bonchev–Trinajstić information content (AvgIpc) is 2.46. The van der Waals surface area contributed by atoms with Crippen molar-refractivity contribution in [3.8, 4) is 5.88 Å². The second-order valence-corrected chi connectivity index (χ2v) is 4.36. The van der Waals surface area contributed by atoms with Gasteiger partial charge in [0.05, 0.1) is 7.11 Å². The molecule has 0 aliphatic heterocycles. The number of rotatable bonds is 5. The molecule has 0 saturated carbocycles. The molecule has 1 aromatic heterocycles. The second kappa shape index (κ2) is 6.06. The Kier molecular flexibility index (Phi) is 4.20. The van der Waals surface area contributed by atoms with Crippen molar-refractivity contribution in [2.75, 3.05) is 12.4 Å². The molecule has 0 amide bonds. The summed E-state index contributed by atoms with van der Waals surface area (Å²) in [6.07, 6.45) is 1.50. The maximum atomic E-state index is 11.4. The summed E-state index contributed by atoms with van der Waals surface area (Å²) in [6.45, 7) is 1.92. The molecule has 0 aliphatic rings. The van der Waals surface area contributed by atoms with Crippen molar-refractivity contribution in [2.45, 2.75) is 13.0 Å². The lowest BCUT2D eigenvalue weighted by molar-refractivity contribution is -0.138. The summed E-state index contributed by atoms with van der Waals surface area (Å²) in [7, 11) is 1.52. The number of para-hydroxylation sites is 1. The molecule has 0 bridgehead atoms. The number of hydrogen-bond acceptors (Lipinski definition) is 4. The summed E-state index contributed by atoms with van der Waals surface area (Å²) >= 11 is 0. The topological polar surface area (TPSA) is 71.5 Å². The normalized spacial score (nSPS) is 11.7. The minimum absolute atomic E-state index is 0.453. The van der Waals surface area contributed by atoms with E-state index in [0.717, 1.165) is 11.3 Å². The number of methoxy groups -OCH3 is 1. The first-order valence-corrected chi connectivity index (χ1v) is 6.16. The number of aryl methyl sites for hydroxylation is 1. The van der Waals surface area contributed by atoms with E-state index in [9.17, 15) is 9.90 Å². The number of carboxylic acid groups (broad SMARTS) is 1. The highest BCUT2D eigenvalue weighted by molar-refractivity contribution is 5.79. The van der Waals surface area contributed by atoms with E-state index in [-0.39, 0.29) is 0 Å². The van der Waals surface area contributed by atoms with E-state index in [2.05, 4.69) is 10.3 Å². The van der Waals surface area contributed by atoms with Crippen LogP contribution in [0.25, 0.3) is 0 Å². The lowest BCUT2D eigenvalue weighted by atomic mass is 10.1. The lowest BCUT2D eigenvalue weighted by Crippen LogP contribution is -2.21. The second-order valence-electron chi connectivity index (χ2n) is 4.36. The Bertz CT molecular complexity index is 596. The van der Waals surface area contributed by atoms with Crippen molar-refractivity contribution < 1.29 is 14.6 Å². The van der Waals surface area contributed by atoms with Gasteiger partial charge in [-0.1, -0.05) is 18.2 Å². The van der Waals surface area contributed by atoms with Crippen molar-refractivity contribution in [1.29, 1.82) is 0 Å². The van der Waals surface area contributed by atoms with Crippen LogP contribution in [-0.4, -0.2) is 23.2 Å². The van der Waals surface area contributed by atoms with Crippen LogP contribution in [0.1, 0.15) is 17.2 Å². The van der Waals surface area contributed by atoms with Gasteiger partial charge in [-0.05, 0) is 24.6 Å². The number of ether oxygens (including phenoxy) is 1. The number of pyridine rings is 1. The predicted molar refractivity (Wildman–Crippen MR) is 76.0 cm³/mol. The number of carboxylic acids is 1. The van der Waals surface area contributed by atoms with Crippen LogP contribution in [0, 0.1) is 6.92 Å². The van der Waals surface area contributed by atoms with Crippen LogP contribution < -0.4 is 10.1 Å². The molecule has 1 heterocycles. The van der Waals surface area contributed by atoms with Gasteiger partial charge in [0.25, 0.3) is 0 Å². The quantitative estimate of drug-likeness (QED) is 0.875. The molecule has 2 N–H and O–H groups in total. The molecular weight excluding hydrogens is 256 g/mol. The highest BCUT2D eigenvalue weighted by atomic mass is 16.5. The fourth-order valence-corrected chi connectivity index (χ4v) is 1.86. The van der Waals surface area contributed by atoms with Crippen LogP contribution in [0.15, 0.2) is 42.6 Å². The zero-order valence-corrected chi connectivity index (χ0v) is 11.3. The molecule has 0 radical (unpaired) electrons. The van der Waals surface area contributed by atoms with Gasteiger partial charge in [-0.2, -0.15) is 0 Å². The molecule has 104 valence electrons. The molecule has 2 aromatic rings. The molecule has 1 unspecified atom stereocenters. The van der Waals surface area contributed by atoms with Crippen molar-refractivity contribution in [3.63, 3.8) is 0 Å². The van der Waals surface area contributed by atoms with E-state index >= 15 is 0 Å². The standard InChI is InChI=1S/C15H16N2O3/c1-10-5-3-4-6-12(10)17-14(15(18)19)11-7-8-13(20-2)16-9-11/h3-9,14,17H,1-2H3,(H,18,19). The molecule has 5 nitrogen and oxygen atoms in total. The van der Waals surface area contributed by atoms with Gasteiger partial charge in [0.15, 0.2) is 6.04 Å². The van der Waals surface area contributed by atoms with Crippen LogP contribution in [0.4, 0.5) is 5.69 Å². The van der Waals surface area contributed by atoms with Gasteiger partial charge in [-0.25, -0.2) is 9.78 Å². The largest absolute Gasteiger partial charge is 0.481 e. The van der Waals surface area contributed by atoms with Crippen molar-refractivity contribution in [1.82, 2.24) is 4.98 Å². The Morgan fingerprint density at radius 1 is 1.30 bits per heavy atom. The first-order chi connectivity index (χ1) is 9.61. The lowest BCUT2D eigenvalue weighted by Gasteiger charge is -2.17. The number of nitrogens with one attached hydrogen (secondary N) is 1. The van der Waals surface area contributed by atoms with Crippen LogP contribution in [0.3, 0.4) is 0 Å². The maximum absolute atomic E-state index is 11.4. The number of aromatic nitrogens is 1.